The molecule has 0 saturated heterocycles. The van der Waals surface area contributed by atoms with Crippen LogP contribution in [0.1, 0.15) is 37.8 Å². The van der Waals surface area contributed by atoms with Gasteiger partial charge in [0.25, 0.3) is 0 Å². The summed E-state index contributed by atoms with van der Waals surface area (Å²) in [6.45, 7) is 4.41. The molecule has 0 radical (unpaired) electrons. The molecule has 1 N–H and O–H groups in total. The van der Waals surface area contributed by atoms with E-state index in [9.17, 15) is 17.9 Å². The lowest BCUT2D eigenvalue weighted by molar-refractivity contribution is 0.0731. The summed E-state index contributed by atoms with van der Waals surface area (Å²) < 4.78 is 49.1. The lowest BCUT2D eigenvalue weighted by atomic mass is 10.0. The number of halogens is 1. The second kappa shape index (κ2) is 10.7. The number of hydrogen-bond acceptors (Lipinski definition) is 5. The molecule has 35 heavy (non-hydrogen) atoms. The summed E-state index contributed by atoms with van der Waals surface area (Å²) in [6.07, 6.45) is 1.84. The number of benzene rings is 2. The average Bonchev–Trinajstić information content (AvgIpc) is 3.65. The summed E-state index contributed by atoms with van der Waals surface area (Å²) in [4.78, 5) is 2.05. The minimum atomic E-state index is -3.89. The third-order valence-corrected chi connectivity index (χ3v) is 8.57. The fourth-order valence-corrected chi connectivity index (χ4v) is 6.05. The van der Waals surface area contributed by atoms with Crippen LogP contribution in [-0.2, 0) is 16.6 Å². The molecule has 188 valence electrons. The lowest BCUT2D eigenvalue weighted by Crippen LogP contribution is -2.49. The van der Waals surface area contributed by atoms with E-state index in [0.29, 0.717) is 30.1 Å². The molecule has 3 atom stereocenters. The van der Waals surface area contributed by atoms with Gasteiger partial charge in [-0.3, -0.25) is 4.90 Å². The number of sulfonamides is 1. The molecule has 0 bridgehead atoms. The van der Waals surface area contributed by atoms with Crippen molar-refractivity contribution in [2.75, 3.05) is 26.7 Å². The standard InChI is InChI=1S/C27H33FN2O4S/c1-19-15-30(20(2)18-31)35(32,33)27-13-12-22(11-10-21-8-9-21)14-25(27)34-26(19)17-29(3)16-23-6-4-5-7-24(23)28/h4-7,12-14,19-21,26,31H,8-9,15-18H2,1-3H3/t19-,20-,26-/m0/s1. The second-order valence-corrected chi connectivity index (χ2v) is 11.6. The van der Waals surface area contributed by atoms with Crippen LogP contribution in [-0.4, -0.2) is 61.6 Å². The van der Waals surface area contributed by atoms with Crippen LogP contribution in [0.2, 0.25) is 0 Å². The zero-order valence-electron chi connectivity index (χ0n) is 20.4. The number of nitrogens with zero attached hydrogens (tertiary/aromatic N) is 2. The Labute approximate surface area is 207 Å². The smallest absolute Gasteiger partial charge is 0.247 e. The Morgan fingerprint density at radius 1 is 1.26 bits per heavy atom. The highest BCUT2D eigenvalue weighted by atomic mass is 32.2. The average molecular weight is 501 g/mol. The first-order valence-electron chi connectivity index (χ1n) is 12.1. The zero-order valence-corrected chi connectivity index (χ0v) is 21.3. The van der Waals surface area contributed by atoms with Crippen molar-refractivity contribution in [3.8, 4) is 17.6 Å². The molecule has 0 amide bonds. The molecule has 0 unspecified atom stereocenters. The number of ether oxygens (including phenoxy) is 1. The van der Waals surface area contributed by atoms with Crippen LogP contribution in [0.25, 0.3) is 0 Å². The quantitative estimate of drug-likeness (QED) is 0.615. The van der Waals surface area contributed by atoms with Crippen molar-refractivity contribution < 1.29 is 22.7 Å². The van der Waals surface area contributed by atoms with Crippen LogP contribution < -0.4 is 4.74 Å². The molecule has 4 rings (SSSR count). The van der Waals surface area contributed by atoms with Crippen LogP contribution in [0.5, 0.6) is 5.75 Å². The molecule has 0 aromatic heterocycles. The van der Waals surface area contributed by atoms with Crippen LogP contribution in [0.3, 0.4) is 0 Å². The first-order valence-corrected chi connectivity index (χ1v) is 13.5. The third kappa shape index (κ3) is 6.04. The number of likely N-dealkylation sites (N-methyl/N-ethyl adjacent to an activating group) is 1. The molecule has 1 aliphatic carbocycles. The van der Waals surface area contributed by atoms with E-state index in [-0.39, 0.29) is 41.6 Å². The Kier molecular flexibility index (Phi) is 7.82. The minimum Gasteiger partial charge on any atom is -0.487 e. The van der Waals surface area contributed by atoms with Crippen LogP contribution in [0.15, 0.2) is 47.4 Å². The summed E-state index contributed by atoms with van der Waals surface area (Å²) in [7, 11) is -2.00. The summed E-state index contributed by atoms with van der Waals surface area (Å²) in [5, 5.41) is 9.79. The van der Waals surface area contributed by atoms with Gasteiger partial charge < -0.3 is 9.84 Å². The van der Waals surface area contributed by atoms with Gasteiger partial charge in [-0.2, -0.15) is 4.31 Å². The lowest BCUT2D eigenvalue weighted by Gasteiger charge is -2.37. The molecule has 6 nitrogen and oxygen atoms in total. The summed E-state index contributed by atoms with van der Waals surface area (Å²) >= 11 is 0. The van der Waals surface area contributed by atoms with E-state index in [1.165, 1.54) is 10.4 Å². The molecular formula is C27H33FN2O4S. The maximum absolute atomic E-state index is 14.2. The van der Waals surface area contributed by atoms with Crippen molar-refractivity contribution in [2.24, 2.45) is 11.8 Å². The van der Waals surface area contributed by atoms with E-state index in [2.05, 4.69) is 11.8 Å². The monoisotopic (exact) mass is 500 g/mol. The number of fused-ring (bicyclic) bond motifs is 1. The van der Waals surface area contributed by atoms with Gasteiger partial charge in [0.15, 0.2) is 0 Å². The van der Waals surface area contributed by atoms with E-state index in [4.69, 9.17) is 4.74 Å². The van der Waals surface area contributed by atoms with E-state index >= 15 is 0 Å². The van der Waals surface area contributed by atoms with Crippen molar-refractivity contribution in [1.29, 1.82) is 0 Å². The van der Waals surface area contributed by atoms with E-state index in [0.717, 1.165) is 12.8 Å². The Morgan fingerprint density at radius 2 is 2.00 bits per heavy atom. The highest BCUT2D eigenvalue weighted by Crippen LogP contribution is 2.34. The third-order valence-electron chi connectivity index (χ3n) is 6.55. The highest BCUT2D eigenvalue weighted by molar-refractivity contribution is 7.89. The van der Waals surface area contributed by atoms with E-state index in [1.807, 2.05) is 18.9 Å². The first-order chi connectivity index (χ1) is 16.7. The zero-order chi connectivity index (χ0) is 25.2. The fraction of sp³-hybridized carbons (Fsp3) is 0.481. The topological polar surface area (TPSA) is 70.1 Å². The van der Waals surface area contributed by atoms with Gasteiger partial charge in [-0.1, -0.05) is 37.0 Å². The maximum Gasteiger partial charge on any atom is 0.247 e. The summed E-state index contributed by atoms with van der Waals surface area (Å²) in [6, 6.07) is 11.0. The summed E-state index contributed by atoms with van der Waals surface area (Å²) in [5.74, 6) is 6.58. The molecule has 2 aromatic carbocycles. The van der Waals surface area contributed by atoms with Gasteiger partial charge in [0.05, 0.1) is 6.61 Å². The van der Waals surface area contributed by atoms with Gasteiger partial charge in [0.2, 0.25) is 10.0 Å². The molecular weight excluding hydrogens is 467 g/mol. The Bertz CT molecular complexity index is 1220. The normalized spacial score (nSPS) is 22.8. The van der Waals surface area contributed by atoms with Crippen LogP contribution in [0.4, 0.5) is 4.39 Å². The summed E-state index contributed by atoms with van der Waals surface area (Å²) in [5.41, 5.74) is 1.30. The largest absolute Gasteiger partial charge is 0.487 e. The molecule has 1 saturated carbocycles. The van der Waals surface area contributed by atoms with Gasteiger partial charge in [0.1, 0.15) is 22.6 Å². The van der Waals surface area contributed by atoms with Gasteiger partial charge in [-0.15, -0.1) is 0 Å². The van der Waals surface area contributed by atoms with E-state index < -0.39 is 16.1 Å². The van der Waals surface area contributed by atoms with Crippen molar-refractivity contribution in [3.05, 3.63) is 59.4 Å². The van der Waals surface area contributed by atoms with Gasteiger partial charge in [0, 0.05) is 48.6 Å². The molecule has 1 fully saturated rings. The Hall–Kier alpha value is -2.44. The van der Waals surface area contributed by atoms with Gasteiger partial charge >= 0.3 is 0 Å². The van der Waals surface area contributed by atoms with E-state index in [1.54, 1.807) is 43.3 Å². The number of hydrogen-bond donors (Lipinski definition) is 1. The molecule has 2 aliphatic rings. The second-order valence-electron chi connectivity index (χ2n) is 9.73. The van der Waals surface area contributed by atoms with Crippen molar-refractivity contribution in [1.82, 2.24) is 9.21 Å². The first kappa shape index (κ1) is 25.6. The predicted molar refractivity (Wildman–Crippen MR) is 133 cm³/mol. The molecule has 1 heterocycles. The number of aliphatic hydroxyl groups is 1. The molecule has 2 aromatic rings. The number of aliphatic hydroxyl groups excluding tert-OH is 1. The number of rotatable bonds is 6. The SMILES string of the molecule is C[C@H]1CN([C@@H](C)CO)S(=O)(=O)c2ccc(C#CC3CC3)cc2O[C@H]1CN(C)Cc1ccccc1F. The Morgan fingerprint density at radius 3 is 2.69 bits per heavy atom. The molecule has 8 heteroatoms. The Balaban J connectivity index is 1.67. The highest BCUT2D eigenvalue weighted by Gasteiger charge is 2.38. The fourth-order valence-electron chi connectivity index (χ4n) is 4.22. The minimum absolute atomic E-state index is 0.0726. The van der Waals surface area contributed by atoms with Gasteiger partial charge in [-0.05, 0) is 51.1 Å². The van der Waals surface area contributed by atoms with Crippen molar-refractivity contribution >= 4 is 10.0 Å². The van der Waals surface area contributed by atoms with Crippen molar-refractivity contribution in [2.45, 2.75) is 50.3 Å². The maximum atomic E-state index is 14.2. The van der Waals surface area contributed by atoms with Crippen LogP contribution >= 0.6 is 0 Å². The van der Waals surface area contributed by atoms with Gasteiger partial charge in [-0.25, -0.2) is 12.8 Å². The molecule has 1 aliphatic heterocycles. The predicted octanol–water partition coefficient (Wildman–Crippen LogP) is 3.49. The van der Waals surface area contributed by atoms with Crippen LogP contribution in [0, 0.1) is 29.5 Å². The molecule has 0 spiro atoms. The van der Waals surface area contributed by atoms with Crippen molar-refractivity contribution in [3.63, 3.8) is 0 Å².